The fourth-order valence-electron chi connectivity index (χ4n) is 2.23. The predicted molar refractivity (Wildman–Crippen MR) is 94.9 cm³/mol. The molecule has 0 aliphatic carbocycles. The SMILES string of the molecule is CC(=O)NC1=NN(c2ccccc2)C(=O)[C@H]1N=Nc1ccccc1Cl. The molecular weight excluding hydrogens is 342 g/mol. The first kappa shape index (κ1) is 16.8. The van der Waals surface area contributed by atoms with Crippen LogP contribution in [0.5, 0.6) is 0 Å². The molecule has 0 saturated carbocycles. The van der Waals surface area contributed by atoms with Crippen molar-refractivity contribution in [2.75, 3.05) is 5.01 Å². The number of rotatable bonds is 3. The van der Waals surface area contributed by atoms with E-state index >= 15 is 0 Å². The molecule has 2 amide bonds. The lowest BCUT2D eigenvalue weighted by atomic mass is 10.2. The van der Waals surface area contributed by atoms with Gasteiger partial charge in [-0.25, -0.2) is 0 Å². The molecule has 0 fully saturated rings. The Hall–Kier alpha value is -3.06. The third-order valence-electron chi connectivity index (χ3n) is 3.35. The van der Waals surface area contributed by atoms with Gasteiger partial charge in [-0.3, -0.25) is 9.59 Å². The molecule has 25 heavy (non-hydrogen) atoms. The number of amides is 2. The first-order valence-electron chi connectivity index (χ1n) is 7.47. The summed E-state index contributed by atoms with van der Waals surface area (Å²) in [7, 11) is 0. The first-order valence-corrected chi connectivity index (χ1v) is 7.84. The Morgan fingerprint density at radius 1 is 1.16 bits per heavy atom. The van der Waals surface area contributed by atoms with E-state index < -0.39 is 11.9 Å². The van der Waals surface area contributed by atoms with Crippen LogP contribution in [0.3, 0.4) is 0 Å². The molecule has 0 radical (unpaired) electrons. The molecule has 3 rings (SSSR count). The number of carbonyl (C=O) groups is 2. The maximum atomic E-state index is 12.7. The third-order valence-corrected chi connectivity index (χ3v) is 3.67. The van der Waals surface area contributed by atoms with Crippen LogP contribution < -0.4 is 10.3 Å². The molecule has 1 aliphatic rings. The van der Waals surface area contributed by atoms with E-state index in [0.29, 0.717) is 16.4 Å². The van der Waals surface area contributed by atoms with Crippen LogP contribution in [0.2, 0.25) is 5.02 Å². The molecule has 2 aromatic rings. The monoisotopic (exact) mass is 355 g/mol. The highest BCUT2D eigenvalue weighted by Crippen LogP contribution is 2.26. The standard InChI is InChI=1S/C17H14ClN5O2/c1-11(24)19-16-15(21-20-14-10-6-5-9-13(14)18)17(25)23(22-16)12-7-3-2-4-8-12/h2-10,15H,1H3,(H,19,22,24)/t15-/m0/s1. The number of azo groups is 1. The molecule has 1 aliphatic heterocycles. The van der Waals surface area contributed by atoms with Crippen molar-refractivity contribution in [3.8, 4) is 0 Å². The Morgan fingerprint density at radius 2 is 1.84 bits per heavy atom. The van der Waals surface area contributed by atoms with Gasteiger partial charge in [0, 0.05) is 6.92 Å². The molecule has 7 nitrogen and oxygen atoms in total. The van der Waals surface area contributed by atoms with Crippen molar-refractivity contribution >= 4 is 40.6 Å². The van der Waals surface area contributed by atoms with Gasteiger partial charge in [0.2, 0.25) is 11.9 Å². The number of carbonyl (C=O) groups excluding carboxylic acids is 2. The van der Waals surface area contributed by atoms with E-state index in [0.717, 1.165) is 0 Å². The first-order chi connectivity index (χ1) is 12.1. The lowest BCUT2D eigenvalue weighted by Crippen LogP contribution is -2.38. The summed E-state index contributed by atoms with van der Waals surface area (Å²) in [6.45, 7) is 1.33. The van der Waals surface area contributed by atoms with Crippen LogP contribution in [0, 0.1) is 0 Å². The van der Waals surface area contributed by atoms with Crippen molar-refractivity contribution in [3.63, 3.8) is 0 Å². The Balaban J connectivity index is 1.91. The Kier molecular flexibility index (Phi) is 4.85. The second-order valence-corrected chi connectivity index (χ2v) is 5.63. The molecule has 8 heteroatoms. The van der Waals surface area contributed by atoms with E-state index in [1.807, 2.05) is 6.07 Å². The summed E-state index contributed by atoms with van der Waals surface area (Å²) < 4.78 is 0. The molecule has 0 bridgehead atoms. The summed E-state index contributed by atoms with van der Waals surface area (Å²) in [6, 6.07) is 14.7. The average molecular weight is 356 g/mol. The largest absolute Gasteiger partial charge is 0.311 e. The fourth-order valence-corrected chi connectivity index (χ4v) is 2.40. The van der Waals surface area contributed by atoms with Gasteiger partial charge < -0.3 is 5.32 Å². The maximum Gasteiger partial charge on any atom is 0.282 e. The van der Waals surface area contributed by atoms with E-state index in [4.69, 9.17) is 11.6 Å². The van der Waals surface area contributed by atoms with Gasteiger partial charge in [-0.1, -0.05) is 41.9 Å². The van der Waals surface area contributed by atoms with Gasteiger partial charge in [0.05, 0.1) is 10.7 Å². The lowest BCUT2D eigenvalue weighted by Gasteiger charge is -2.11. The molecule has 1 N–H and O–H groups in total. The predicted octanol–water partition coefficient (Wildman–Crippen LogP) is 3.29. The maximum absolute atomic E-state index is 12.7. The van der Waals surface area contributed by atoms with Crippen molar-refractivity contribution in [2.24, 2.45) is 15.3 Å². The molecule has 0 unspecified atom stereocenters. The molecule has 0 spiro atoms. The molecule has 2 aromatic carbocycles. The van der Waals surface area contributed by atoms with Crippen molar-refractivity contribution in [1.29, 1.82) is 0 Å². The van der Waals surface area contributed by atoms with E-state index in [-0.39, 0.29) is 11.7 Å². The van der Waals surface area contributed by atoms with Gasteiger partial charge in [0.1, 0.15) is 5.69 Å². The summed E-state index contributed by atoms with van der Waals surface area (Å²) in [6.07, 6.45) is 0. The number of hydrazone groups is 1. The Labute approximate surface area is 149 Å². The number of anilines is 1. The minimum Gasteiger partial charge on any atom is -0.311 e. The number of nitrogens with zero attached hydrogens (tertiary/aromatic N) is 4. The Bertz CT molecular complexity index is 866. The fraction of sp³-hybridized carbons (Fsp3) is 0.118. The molecular formula is C17H14ClN5O2. The summed E-state index contributed by atoms with van der Waals surface area (Å²) in [5, 5.41) is 16.4. The number of para-hydroxylation sites is 1. The zero-order chi connectivity index (χ0) is 17.8. The van der Waals surface area contributed by atoms with Crippen molar-refractivity contribution in [1.82, 2.24) is 5.32 Å². The van der Waals surface area contributed by atoms with Crippen molar-refractivity contribution in [3.05, 3.63) is 59.6 Å². The van der Waals surface area contributed by atoms with Crippen molar-refractivity contribution in [2.45, 2.75) is 13.0 Å². The topological polar surface area (TPSA) is 86.5 Å². The third kappa shape index (κ3) is 3.72. The van der Waals surface area contributed by atoms with Crippen LogP contribution in [-0.4, -0.2) is 23.7 Å². The highest BCUT2D eigenvalue weighted by atomic mass is 35.5. The summed E-state index contributed by atoms with van der Waals surface area (Å²) in [5.74, 6) is -0.637. The van der Waals surface area contributed by atoms with E-state index in [1.54, 1.807) is 48.5 Å². The number of nitrogens with one attached hydrogen (secondary N) is 1. The smallest absolute Gasteiger partial charge is 0.282 e. The van der Waals surface area contributed by atoms with Crippen LogP contribution in [0.4, 0.5) is 11.4 Å². The highest BCUT2D eigenvalue weighted by Gasteiger charge is 2.37. The zero-order valence-electron chi connectivity index (χ0n) is 13.3. The van der Waals surface area contributed by atoms with Gasteiger partial charge in [-0.15, -0.1) is 5.10 Å². The second-order valence-electron chi connectivity index (χ2n) is 5.22. The summed E-state index contributed by atoms with van der Waals surface area (Å²) >= 11 is 6.04. The second kappa shape index (κ2) is 7.23. The van der Waals surface area contributed by atoms with Gasteiger partial charge in [0.15, 0.2) is 5.84 Å². The number of hydrogen-bond donors (Lipinski definition) is 1. The normalized spacial score (nSPS) is 17.0. The van der Waals surface area contributed by atoms with Crippen molar-refractivity contribution < 1.29 is 9.59 Å². The molecule has 0 aromatic heterocycles. The van der Waals surface area contributed by atoms with Gasteiger partial charge >= 0.3 is 0 Å². The molecule has 1 heterocycles. The van der Waals surface area contributed by atoms with Crippen LogP contribution >= 0.6 is 11.6 Å². The molecule has 126 valence electrons. The highest BCUT2D eigenvalue weighted by molar-refractivity contribution is 6.32. The minimum atomic E-state index is -1.04. The minimum absolute atomic E-state index is 0.122. The number of halogens is 1. The van der Waals surface area contributed by atoms with E-state index in [1.165, 1.54) is 11.9 Å². The summed E-state index contributed by atoms with van der Waals surface area (Å²) in [4.78, 5) is 24.1. The van der Waals surface area contributed by atoms with E-state index in [9.17, 15) is 9.59 Å². The average Bonchev–Trinajstić information content (AvgIpc) is 2.90. The molecule has 0 saturated heterocycles. The molecule has 1 atom stereocenters. The lowest BCUT2D eigenvalue weighted by molar-refractivity contribution is -0.117. The van der Waals surface area contributed by atoms with Gasteiger partial charge in [-0.2, -0.15) is 15.2 Å². The van der Waals surface area contributed by atoms with Gasteiger partial charge in [0.25, 0.3) is 5.91 Å². The number of amidine groups is 1. The van der Waals surface area contributed by atoms with Gasteiger partial charge in [-0.05, 0) is 24.3 Å². The van der Waals surface area contributed by atoms with Crippen LogP contribution in [0.25, 0.3) is 0 Å². The number of hydrogen-bond acceptors (Lipinski definition) is 5. The van der Waals surface area contributed by atoms with Crippen LogP contribution in [0.1, 0.15) is 6.92 Å². The van der Waals surface area contributed by atoms with Crippen LogP contribution in [-0.2, 0) is 9.59 Å². The van der Waals surface area contributed by atoms with Crippen LogP contribution in [0.15, 0.2) is 69.9 Å². The zero-order valence-corrected chi connectivity index (χ0v) is 14.0. The number of benzene rings is 2. The Morgan fingerprint density at radius 3 is 2.52 bits per heavy atom. The quantitative estimate of drug-likeness (QED) is 0.856. The van der Waals surface area contributed by atoms with E-state index in [2.05, 4.69) is 20.6 Å². The summed E-state index contributed by atoms with van der Waals surface area (Å²) in [5.41, 5.74) is 1.00.